The maximum absolute atomic E-state index is 14.4. The van der Waals surface area contributed by atoms with Crippen LogP contribution >= 0.6 is 15.9 Å². The molecule has 1 fully saturated rings. The molecule has 7 heteroatoms. The van der Waals surface area contributed by atoms with Crippen molar-refractivity contribution in [2.45, 2.75) is 32.0 Å². The van der Waals surface area contributed by atoms with Crippen LogP contribution in [0.1, 0.15) is 24.0 Å². The molecule has 1 aliphatic rings. The van der Waals surface area contributed by atoms with Gasteiger partial charge in [-0.15, -0.1) is 0 Å². The first-order valence-electron chi connectivity index (χ1n) is 8.79. The zero-order valence-electron chi connectivity index (χ0n) is 14.7. The Labute approximate surface area is 165 Å². The molecule has 0 aliphatic carbocycles. The number of anilines is 1. The summed E-state index contributed by atoms with van der Waals surface area (Å²) in [5.74, 6) is -0.770. The lowest BCUT2D eigenvalue weighted by Gasteiger charge is -2.15. The number of aliphatic carboxylic acids is 1. The van der Waals surface area contributed by atoms with Crippen LogP contribution in [-0.2, 0) is 22.6 Å². The highest BCUT2D eigenvalue weighted by molar-refractivity contribution is 9.10. The number of ether oxygens (including phenoxy) is 2. The molecule has 0 bridgehead atoms. The van der Waals surface area contributed by atoms with E-state index in [1.165, 1.54) is 0 Å². The van der Waals surface area contributed by atoms with Gasteiger partial charge in [0.25, 0.3) is 0 Å². The number of carboxylic acid groups (broad SMARTS) is 1. The normalized spacial score (nSPS) is 16.3. The van der Waals surface area contributed by atoms with Gasteiger partial charge in [-0.2, -0.15) is 0 Å². The largest absolute Gasteiger partial charge is 0.489 e. The number of hydrogen-bond donors (Lipinski definition) is 2. The molecule has 2 aromatic rings. The molecule has 1 saturated heterocycles. The van der Waals surface area contributed by atoms with Crippen LogP contribution in [0.2, 0.25) is 0 Å². The topological polar surface area (TPSA) is 67.8 Å². The van der Waals surface area contributed by atoms with Crippen molar-refractivity contribution in [2.24, 2.45) is 0 Å². The molecule has 1 atom stereocenters. The number of para-hydroxylation sites is 1. The van der Waals surface area contributed by atoms with Crippen LogP contribution in [0.3, 0.4) is 0 Å². The molecular weight excluding hydrogens is 417 g/mol. The summed E-state index contributed by atoms with van der Waals surface area (Å²) in [6, 6.07) is 10.4. The summed E-state index contributed by atoms with van der Waals surface area (Å²) in [6.45, 7) is 1.50. The van der Waals surface area contributed by atoms with E-state index in [9.17, 15) is 9.18 Å². The highest BCUT2D eigenvalue weighted by Gasteiger charge is 2.17. The quantitative estimate of drug-likeness (QED) is 0.640. The van der Waals surface area contributed by atoms with Gasteiger partial charge in [-0.1, -0.05) is 18.2 Å². The minimum Gasteiger partial charge on any atom is -0.489 e. The van der Waals surface area contributed by atoms with E-state index in [1.807, 2.05) is 0 Å². The predicted molar refractivity (Wildman–Crippen MR) is 104 cm³/mol. The van der Waals surface area contributed by atoms with Gasteiger partial charge in [0.1, 0.15) is 12.4 Å². The summed E-state index contributed by atoms with van der Waals surface area (Å²) in [5.41, 5.74) is 1.75. The van der Waals surface area contributed by atoms with Crippen LogP contribution in [-0.4, -0.2) is 30.3 Å². The Balaban J connectivity index is 1.69. The predicted octanol–water partition coefficient (Wildman–Crippen LogP) is 4.39. The van der Waals surface area contributed by atoms with Gasteiger partial charge in [0.15, 0.2) is 5.82 Å². The first-order valence-corrected chi connectivity index (χ1v) is 9.58. The number of hydrogen-bond acceptors (Lipinski definition) is 4. The van der Waals surface area contributed by atoms with Crippen LogP contribution < -0.4 is 10.1 Å². The van der Waals surface area contributed by atoms with E-state index in [-0.39, 0.29) is 24.9 Å². The van der Waals surface area contributed by atoms with Gasteiger partial charge in [0, 0.05) is 18.7 Å². The van der Waals surface area contributed by atoms with Crippen LogP contribution in [0.5, 0.6) is 5.75 Å². The van der Waals surface area contributed by atoms with Gasteiger partial charge in [0.05, 0.1) is 22.7 Å². The molecule has 0 amide bonds. The lowest BCUT2D eigenvalue weighted by Crippen LogP contribution is -2.19. The van der Waals surface area contributed by atoms with Gasteiger partial charge in [-0.05, 0) is 52.5 Å². The molecule has 1 aliphatic heterocycles. The minimum absolute atomic E-state index is 0.103. The monoisotopic (exact) mass is 437 g/mol. The molecule has 0 aromatic heterocycles. The maximum atomic E-state index is 14.4. The Morgan fingerprint density at radius 3 is 2.93 bits per heavy atom. The van der Waals surface area contributed by atoms with E-state index in [1.54, 1.807) is 36.4 Å². The molecule has 1 unspecified atom stereocenters. The van der Waals surface area contributed by atoms with E-state index in [0.717, 1.165) is 25.0 Å². The van der Waals surface area contributed by atoms with Gasteiger partial charge < -0.3 is 19.9 Å². The molecule has 1 heterocycles. The molecule has 2 aromatic carbocycles. The Morgan fingerprint density at radius 1 is 1.37 bits per heavy atom. The SMILES string of the molecule is O=C(O)Cc1ccccc1OCc1cc(Br)c(F)c(NCC2CCCO2)c1. The fraction of sp³-hybridized carbons (Fsp3) is 0.350. The zero-order chi connectivity index (χ0) is 19.2. The summed E-state index contributed by atoms with van der Waals surface area (Å²) in [4.78, 5) is 11.0. The fourth-order valence-electron chi connectivity index (χ4n) is 3.00. The third-order valence-corrected chi connectivity index (χ3v) is 4.92. The number of benzene rings is 2. The van der Waals surface area contributed by atoms with Crippen molar-refractivity contribution in [3.63, 3.8) is 0 Å². The van der Waals surface area contributed by atoms with Gasteiger partial charge >= 0.3 is 5.97 Å². The van der Waals surface area contributed by atoms with Crippen LogP contribution in [0.15, 0.2) is 40.9 Å². The molecule has 2 N–H and O–H groups in total. The second-order valence-electron chi connectivity index (χ2n) is 6.42. The minimum atomic E-state index is -0.920. The van der Waals surface area contributed by atoms with Crippen molar-refractivity contribution in [3.05, 3.63) is 57.8 Å². The van der Waals surface area contributed by atoms with Crippen LogP contribution in [0.4, 0.5) is 10.1 Å². The highest BCUT2D eigenvalue weighted by atomic mass is 79.9. The molecule has 0 saturated carbocycles. The average molecular weight is 438 g/mol. The summed E-state index contributed by atoms with van der Waals surface area (Å²) in [5, 5.41) is 12.1. The summed E-state index contributed by atoms with van der Waals surface area (Å²) >= 11 is 3.24. The third-order valence-electron chi connectivity index (χ3n) is 4.34. The molecular formula is C20H21BrFNO4. The Morgan fingerprint density at radius 2 is 2.19 bits per heavy atom. The number of rotatable bonds is 8. The van der Waals surface area contributed by atoms with Crippen molar-refractivity contribution in [1.82, 2.24) is 0 Å². The van der Waals surface area contributed by atoms with Crippen molar-refractivity contribution >= 4 is 27.6 Å². The van der Waals surface area contributed by atoms with Crippen LogP contribution in [0, 0.1) is 5.82 Å². The summed E-state index contributed by atoms with van der Waals surface area (Å²) in [7, 11) is 0. The van der Waals surface area contributed by atoms with Crippen molar-refractivity contribution in [2.75, 3.05) is 18.5 Å². The second-order valence-corrected chi connectivity index (χ2v) is 7.28. The van der Waals surface area contributed by atoms with Gasteiger partial charge in [0.2, 0.25) is 0 Å². The zero-order valence-corrected chi connectivity index (χ0v) is 16.3. The highest BCUT2D eigenvalue weighted by Crippen LogP contribution is 2.27. The number of carboxylic acids is 1. The van der Waals surface area contributed by atoms with E-state index >= 15 is 0 Å². The Bertz CT molecular complexity index is 809. The molecule has 144 valence electrons. The standard InChI is InChI=1S/C20H21BrFNO4/c21-16-8-13(9-17(20(16)22)23-11-15-5-3-7-26-15)12-27-18-6-2-1-4-14(18)10-19(24)25/h1-2,4,6,8-9,15,23H,3,5,7,10-12H2,(H,24,25). The van der Waals surface area contributed by atoms with Gasteiger partial charge in [-0.3, -0.25) is 4.79 Å². The number of halogens is 2. The van der Waals surface area contributed by atoms with E-state index in [2.05, 4.69) is 21.2 Å². The van der Waals surface area contributed by atoms with E-state index in [4.69, 9.17) is 14.6 Å². The molecule has 0 spiro atoms. The first kappa shape index (κ1) is 19.6. The third kappa shape index (κ3) is 5.43. The first-order chi connectivity index (χ1) is 13.0. The lowest BCUT2D eigenvalue weighted by atomic mass is 10.1. The number of carbonyl (C=O) groups is 1. The maximum Gasteiger partial charge on any atom is 0.307 e. The second kappa shape index (κ2) is 9.19. The Hall–Kier alpha value is -2.12. The summed E-state index contributed by atoms with van der Waals surface area (Å²) in [6.07, 6.45) is 1.99. The molecule has 5 nitrogen and oxygen atoms in total. The average Bonchev–Trinajstić information content (AvgIpc) is 3.15. The van der Waals surface area contributed by atoms with Crippen LogP contribution in [0.25, 0.3) is 0 Å². The van der Waals surface area contributed by atoms with Crippen molar-refractivity contribution in [3.8, 4) is 5.75 Å². The van der Waals surface area contributed by atoms with Gasteiger partial charge in [-0.25, -0.2) is 4.39 Å². The smallest absolute Gasteiger partial charge is 0.307 e. The van der Waals surface area contributed by atoms with E-state index < -0.39 is 5.97 Å². The van der Waals surface area contributed by atoms with Crippen molar-refractivity contribution < 1.29 is 23.8 Å². The lowest BCUT2D eigenvalue weighted by molar-refractivity contribution is -0.136. The van der Waals surface area contributed by atoms with Crippen molar-refractivity contribution in [1.29, 1.82) is 0 Å². The summed E-state index contributed by atoms with van der Waals surface area (Å²) < 4.78 is 26.1. The fourth-order valence-corrected chi connectivity index (χ4v) is 3.51. The molecule has 3 rings (SSSR count). The van der Waals surface area contributed by atoms with E-state index in [0.29, 0.717) is 28.0 Å². The number of nitrogens with one attached hydrogen (secondary N) is 1. The molecule has 0 radical (unpaired) electrons. The Kier molecular flexibility index (Phi) is 6.68. The molecule has 27 heavy (non-hydrogen) atoms.